The second-order valence-corrected chi connectivity index (χ2v) is 12.5. The van der Waals surface area contributed by atoms with E-state index in [9.17, 15) is 4.79 Å². The molecule has 5 heteroatoms. The minimum atomic E-state index is -0.0603. The Labute approximate surface area is 284 Å². The number of fused-ring (bicyclic) bond motifs is 6. The molecule has 0 aliphatic carbocycles. The molecule has 236 valence electrons. The molecular weight excluding hydrogens is 601 g/mol. The molecule has 0 atom stereocenters. The third-order valence-electron chi connectivity index (χ3n) is 9.24. The van der Waals surface area contributed by atoms with Crippen molar-refractivity contribution in [3.05, 3.63) is 167 Å². The van der Waals surface area contributed by atoms with Crippen LogP contribution < -0.4 is 5.56 Å². The van der Waals surface area contributed by atoms with Gasteiger partial charge in [-0.1, -0.05) is 109 Å². The van der Waals surface area contributed by atoms with E-state index in [2.05, 4.69) is 107 Å². The van der Waals surface area contributed by atoms with Crippen molar-refractivity contribution in [2.45, 2.75) is 20.8 Å². The van der Waals surface area contributed by atoms with Gasteiger partial charge in [-0.15, -0.1) is 0 Å². The number of benzene rings is 6. The fourth-order valence-electron chi connectivity index (χ4n) is 6.78. The highest BCUT2D eigenvalue weighted by molar-refractivity contribution is 6.16. The van der Waals surface area contributed by atoms with Crippen LogP contribution >= 0.6 is 0 Å². The number of hydrogen-bond donors (Lipinski definition) is 2. The van der Waals surface area contributed by atoms with Crippen molar-refractivity contribution in [3.8, 4) is 33.5 Å². The largest absolute Gasteiger partial charge is 0.354 e. The SMILES string of the molecule is Cc1ccccc1-c1cc(-c2ccc3[nH]c(=O)c4c5ccccc5[nH]c4c3c2)ccc1C.Cc1nc(-c2ccccc2)c2ccccc2n1. The van der Waals surface area contributed by atoms with Gasteiger partial charge in [0.25, 0.3) is 5.56 Å². The summed E-state index contributed by atoms with van der Waals surface area (Å²) in [5.74, 6) is 0.808. The molecule has 0 aliphatic rings. The van der Waals surface area contributed by atoms with E-state index in [0.717, 1.165) is 71.8 Å². The number of rotatable bonds is 3. The van der Waals surface area contributed by atoms with Crippen LogP contribution in [0.25, 0.3) is 77.1 Å². The molecule has 0 bridgehead atoms. The number of para-hydroxylation sites is 2. The highest BCUT2D eigenvalue weighted by Crippen LogP contribution is 2.34. The van der Waals surface area contributed by atoms with Crippen molar-refractivity contribution in [1.82, 2.24) is 19.9 Å². The smallest absolute Gasteiger partial charge is 0.258 e. The van der Waals surface area contributed by atoms with Gasteiger partial charge in [-0.2, -0.15) is 0 Å². The van der Waals surface area contributed by atoms with Gasteiger partial charge in [-0.3, -0.25) is 4.79 Å². The molecule has 5 nitrogen and oxygen atoms in total. The fourth-order valence-corrected chi connectivity index (χ4v) is 6.78. The summed E-state index contributed by atoms with van der Waals surface area (Å²) in [6, 6.07) is 47.7. The number of H-pyrrole nitrogens is 2. The molecule has 0 amide bonds. The van der Waals surface area contributed by atoms with Crippen molar-refractivity contribution in [2.24, 2.45) is 0 Å². The Bertz CT molecular complexity index is 2720. The predicted octanol–water partition coefficient (Wildman–Crippen LogP) is 10.7. The summed E-state index contributed by atoms with van der Waals surface area (Å²) in [5, 5.41) is 3.79. The van der Waals surface area contributed by atoms with Crippen LogP contribution in [0.5, 0.6) is 0 Å². The van der Waals surface area contributed by atoms with Crippen molar-refractivity contribution in [3.63, 3.8) is 0 Å². The second-order valence-electron chi connectivity index (χ2n) is 12.5. The summed E-state index contributed by atoms with van der Waals surface area (Å²) in [6.45, 7) is 6.24. The van der Waals surface area contributed by atoms with Crippen LogP contribution in [0, 0.1) is 20.8 Å². The first-order chi connectivity index (χ1) is 23.9. The highest BCUT2D eigenvalue weighted by Gasteiger charge is 2.14. The normalized spacial score (nSPS) is 11.2. The first-order valence-electron chi connectivity index (χ1n) is 16.5. The number of aromatic nitrogens is 4. The van der Waals surface area contributed by atoms with E-state index in [1.165, 1.54) is 22.3 Å². The Morgan fingerprint density at radius 1 is 0.490 bits per heavy atom. The molecule has 2 N–H and O–H groups in total. The van der Waals surface area contributed by atoms with Crippen molar-refractivity contribution < 1.29 is 0 Å². The van der Waals surface area contributed by atoms with Gasteiger partial charge in [0.2, 0.25) is 0 Å². The Morgan fingerprint density at radius 3 is 1.98 bits per heavy atom. The molecule has 0 radical (unpaired) electrons. The minimum absolute atomic E-state index is 0.0603. The molecule has 3 aromatic heterocycles. The monoisotopic (exact) mass is 634 g/mol. The van der Waals surface area contributed by atoms with Gasteiger partial charge >= 0.3 is 0 Å². The lowest BCUT2D eigenvalue weighted by atomic mass is 9.92. The first kappa shape index (κ1) is 30.0. The summed E-state index contributed by atoms with van der Waals surface area (Å²) in [5.41, 5.74) is 13.1. The summed E-state index contributed by atoms with van der Waals surface area (Å²) in [6.07, 6.45) is 0. The van der Waals surface area contributed by atoms with E-state index in [0.29, 0.717) is 0 Å². The molecule has 0 aliphatic heterocycles. The first-order valence-corrected chi connectivity index (χ1v) is 16.5. The second kappa shape index (κ2) is 12.4. The van der Waals surface area contributed by atoms with Gasteiger partial charge in [0.15, 0.2) is 0 Å². The molecule has 0 unspecified atom stereocenters. The molecule has 3 heterocycles. The zero-order valence-corrected chi connectivity index (χ0v) is 27.6. The predicted molar refractivity (Wildman–Crippen MR) is 204 cm³/mol. The molecule has 0 saturated carbocycles. The molecular formula is C44H34N4O. The van der Waals surface area contributed by atoms with E-state index in [-0.39, 0.29) is 5.56 Å². The standard InChI is InChI=1S/C29H22N2O.C15H12N2/c1-17-7-3-4-8-21(17)23-15-19(12-11-18(23)2)20-13-14-26-24(16-20)28-27(29(32)31-26)22-9-5-6-10-25(22)30-28;1-11-16-14-10-6-5-9-13(14)15(17-11)12-7-3-2-4-8-12/h3-16,30H,1-2H3,(H,31,32);2-10H,1H3. The zero-order valence-electron chi connectivity index (χ0n) is 27.6. The van der Waals surface area contributed by atoms with Crippen LogP contribution in [0.4, 0.5) is 0 Å². The molecule has 9 aromatic rings. The molecule has 0 fully saturated rings. The summed E-state index contributed by atoms with van der Waals surface area (Å²) in [4.78, 5) is 28.4. The van der Waals surface area contributed by atoms with Crippen LogP contribution in [0.1, 0.15) is 17.0 Å². The Kier molecular flexibility index (Phi) is 7.58. The molecule has 0 spiro atoms. The van der Waals surface area contributed by atoms with E-state index >= 15 is 0 Å². The average molecular weight is 635 g/mol. The summed E-state index contributed by atoms with van der Waals surface area (Å²) >= 11 is 0. The average Bonchev–Trinajstić information content (AvgIpc) is 3.53. The van der Waals surface area contributed by atoms with E-state index in [1.54, 1.807) is 0 Å². The molecule has 9 rings (SSSR count). The Morgan fingerprint density at radius 2 is 1.14 bits per heavy atom. The van der Waals surface area contributed by atoms with Crippen LogP contribution in [0.3, 0.4) is 0 Å². The number of aromatic amines is 2. The summed E-state index contributed by atoms with van der Waals surface area (Å²) < 4.78 is 0. The van der Waals surface area contributed by atoms with Crippen LogP contribution in [-0.2, 0) is 0 Å². The number of aryl methyl sites for hydroxylation is 3. The molecule has 6 aromatic carbocycles. The topological polar surface area (TPSA) is 74.4 Å². The summed E-state index contributed by atoms with van der Waals surface area (Å²) in [7, 11) is 0. The maximum Gasteiger partial charge on any atom is 0.258 e. The van der Waals surface area contributed by atoms with E-state index in [1.807, 2.05) is 73.7 Å². The van der Waals surface area contributed by atoms with Gasteiger partial charge in [0, 0.05) is 27.2 Å². The van der Waals surface area contributed by atoms with E-state index < -0.39 is 0 Å². The van der Waals surface area contributed by atoms with Crippen molar-refractivity contribution >= 4 is 43.6 Å². The number of hydrogen-bond acceptors (Lipinski definition) is 3. The lowest BCUT2D eigenvalue weighted by Gasteiger charge is -2.12. The zero-order chi connectivity index (χ0) is 33.5. The number of pyridine rings is 1. The lowest BCUT2D eigenvalue weighted by Crippen LogP contribution is -2.05. The highest BCUT2D eigenvalue weighted by atomic mass is 16.1. The third kappa shape index (κ3) is 5.55. The quantitative estimate of drug-likeness (QED) is 0.203. The fraction of sp³-hybridized carbons (Fsp3) is 0.0682. The maximum absolute atomic E-state index is 12.8. The lowest BCUT2D eigenvalue weighted by molar-refractivity contribution is 1.10. The Hall–Kier alpha value is -6.33. The Balaban J connectivity index is 0.000000172. The van der Waals surface area contributed by atoms with Crippen LogP contribution in [0.15, 0.2) is 144 Å². The van der Waals surface area contributed by atoms with Gasteiger partial charge < -0.3 is 9.97 Å². The third-order valence-corrected chi connectivity index (χ3v) is 9.24. The van der Waals surface area contributed by atoms with Crippen LogP contribution in [-0.4, -0.2) is 19.9 Å². The molecule has 49 heavy (non-hydrogen) atoms. The van der Waals surface area contributed by atoms with E-state index in [4.69, 9.17) is 0 Å². The number of nitrogens with zero attached hydrogens (tertiary/aromatic N) is 2. The van der Waals surface area contributed by atoms with Gasteiger partial charge in [0.05, 0.1) is 27.6 Å². The minimum Gasteiger partial charge on any atom is -0.354 e. The van der Waals surface area contributed by atoms with Crippen molar-refractivity contribution in [2.75, 3.05) is 0 Å². The van der Waals surface area contributed by atoms with Crippen LogP contribution in [0.2, 0.25) is 0 Å². The van der Waals surface area contributed by atoms with Crippen molar-refractivity contribution in [1.29, 1.82) is 0 Å². The van der Waals surface area contributed by atoms with Gasteiger partial charge in [-0.05, 0) is 84.5 Å². The van der Waals surface area contributed by atoms with Gasteiger partial charge in [0.1, 0.15) is 5.82 Å². The number of nitrogens with one attached hydrogen (secondary N) is 2. The maximum atomic E-state index is 12.8. The van der Waals surface area contributed by atoms with Gasteiger partial charge in [-0.25, -0.2) is 9.97 Å². The molecule has 0 saturated heterocycles.